The summed E-state index contributed by atoms with van der Waals surface area (Å²) in [7, 11) is 0. The molecule has 0 fully saturated rings. The van der Waals surface area contributed by atoms with Crippen LogP contribution in [0.25, 0.3) is 0 Å². The van der Waals surface area contributed by atoms with Gasteiger partial charge in [0.2, 0.25) is 0 Å². The van der Waals surface area contributed by atoms with E-state index in [1.807, 2.05) is 32.1 Å². The summed E-state index contributed by atoms with van der Waals surface area (Å²) in [5.41, 5.74) is 6.16. The van der Waals surface area contributed by atoms with Crippen LogP contribution >= 0.6 is 11.3 Å². The highest BCUT2D eigenvalue weighted by Crippen LogP contribution is 2.30. The molecule has 1 aliphatic carbocycles. The summed E-state index contributed by atoms with van der Waals surface area (Å²) >= 11 is 1.10. The molecular weight excluding hydrogens is 368 g/mol. The topological polar surface area (TPSA) is 68.0 Å². The van der Waals surface area contributed by atoms with Gasteiger partial charge in [0.1, 0.15) is 23.1 Å². The number of halogens is 2. The molecular formula is C20H21F2N3OS. The fourth-order valence-electron chi connectivity index (χ4n) is 2.30. The average Bonchev–Trinajstić information content (AvgIpc) is 2.86. The zero-order valence-corrected chi connectivity index (χ0v) is 15.9. The molecule has 0 aliphatic heterocycles. The molecule has 1 heterocycles. The Balaban J connectivity index is 0.00000126. The number of nitrogens with one attached hydrogen (secondary N) is 1. The van der Waals surface area contributed by atoms with E-state index < -0.39 is 11.6 Å². The third kappa shape index (κ3) is 5.34. The fourth-order valence-corrected chi connectivity index (χ4v) is 3.19. The Morgan fingerprint density at radius 3 is 2.67 bits per heavy atom. The van der Waals surface area contributed by atoms with Crippen LogP contribution in [0.2, 0.25) is 0 Å². The lowest BCUT2D eigenvalue weighted by atomic mass is 10.1. The first kappa shape index (κ1) is 20.5. The number of hydrogen-bond donors (Lipinski definition) is 2. The number of para-hydroxylation sites is 1. The van der Waals surface area contributed by atoms with Crippen LogP contribution in [-0.4, -0.2) is 10.8 Å². The smallest absolute Gasteiger partial charge is 0.189 e. The molecule has 3 rings (SSSR count). The lowest BCUT2D eigenvalue weighted by Crippen LogP contribution is -2.05. The Labute approximate surface area is 161 Å². The van der Waals surface area contributed by atoms with Crippen molar-refractivity contribution in [2.24, 2.45) is 0 Å². The van der Waals surface area contributed by atoms with Crippen LogP contribution in [0.3, 0.4) is 0 Å². The molecule has 1 aromatic heterocycles. The van der Waals surface area contributed by atoms with E-state index >= 15 is 0 Å². The summed E-state index contributed by atoms with van der Waals surface area (Å²) in [6.07, 6.45) is 9.99. The van der Waals surface area contributed by atoms with Gasteiger partial charge in [0.15, 0.2) is 10.9 Å². The maximum Gasteiger partial charge on any atom is 0.189 e. The first-order chi connectivity index (χ1) is 13.0. The monoisotopic (exact) mass is 389 g/mol. The Morgan fingerprint density at radius 1 is 1.26 bits per heavy atom. The van der Waals surface area contributed by atoms with Gasteiger partial charge in [0.05, 0.1) is 4.88 Å². The third-order valence-corrected chi connectivity index (χ3v) is 4.55. The number of anilines is 3. The standard InChI is InChI=1S/C18H15F2N3OS.C2H6/c19-12-8-5-9-13(20)16(12)22-18-23-17(21)15(25-18)10-14(24)11-6-3-1-2-4-7-11;1-2/h1-3,5-9H,4,10,21H2,(H,22,23);1-2H3. The summed E-state index contributed by atoms with van der Waals surface area (Å²) in [4.78, 5) is 17.0. The Morgan fingerprint density at radius 2 is 1.96 bits per heavy atom. The molecule has 0 saturated heterocycles. The first-order valence-corrected chi connectivity index (χ1v) is 9.39. The normalized spacial score (nSPS) is 12.7. The number of nitrogen functional groups attached to an aromatic ring is 1. The quantitative estimate of drug-likeness (QED) is 0.725. The Hall–Kier alpha value is -2.80. The zero-order valence-electron chi connectivity index (χ0n) is 15.1. The molecule has 2 aromatic rings. The number of nitrogens with zero attached hydrogens (tertiary/aromatic N) is 1. The van der Waals surface area contributed by atoms with Crippen LogP contribution in [0.1, 0.15) is 25.1 Å². The SMILES string of the molecule is CC.Nc1nc(Nc2c(F)cccc2F)sc1CC(=O)C1=CCC=CC=C1. The second-order valence-electron chi connectivity index (χ2n) is 5.33. The Bertz CT molecular complexity index is 880. The van der Waals surface area contributed by atoms with E-state index in [4.69, 9.17) is 5.73 Å². The molecule has 1 aromatic carbocycles. The van der Waals surface area contributed by atoms with Crippen molar-refractivity contribution < 1.29 is 13.6 Å². The number of carbonyl (C=O) groups excluding carboxylic acids is 1. The number of ketones is 1. The number of allylic oxidation sites excluding steroid dienone is 6. The summed E-state index contributed by atoms with van der Waals surface area (Å²) in [6.45, 7) is 4.00. The van der Waals surface area contributed by atoms with Crippen molar-refractivity contribution in [3.8, 4) is 0 Å². The summed E-state index contributed by atoms with van der Waals surface area (Å²) in [5, 5.41) is 2.82. The molecule has 0 unspecified atom stereocenters. The van der Waals surface area contributed by atoms with E-state index in [9.17, 15) is 13.6 Å². The highest BCUT2D eigenvalue weighted by molar-refractivity contribution is 7.16. The van der Waals surface area contributed by atoms with Gasteiger partial charge >= 0.3 is 0 Å². The molecule has 27 heavy (non-hydrogen) atoms. The zero-order chi connectivity index (χ0) is 19.8. The van der Waals surface area contributed by atoms with Gasteiger partial charge in [0.25, 0.3) is 0 Å². The van der Waals surface area contributed by atoms with Gasteiger partial charge in [-0.2, -0.15) is 0 Å². The maximum absolute atomic E-state index is 13.7. The molecule has 0 saturated carbocycles. The van der Waals surface area contributed by atoms with E-state index in [1.54, 1.807) is 12.2 Å². The number of rotatable bonds is 5. The first-order valence-electron chi connectivity index (χ1n) is 8.57. The van der Waals surface area contributed by atoms with E-state index in [1.165, 1.54) is 6.07 Å². The molecule has 7 heteroatoms. The highest BCUT2D eigenvalue weighted by Gasteiger charge is 2.17. The van der Waals surface area contributed by atoms with E-state index in [0.29, 0.717) is 16.9 Å². The molecule has 0 radical (unpaired) electrons. The molecule has 0 atom stereocenters. The van der Waals surface area contributed by atoms with Crippen LogP contribution in [0.15, 0.2) is 54.2 Å². The second kappa shape index (κ2) is 9.78. The van der Waals surface area contributed by atoms with Crippen molar-refractivity contribution in [1.82, 2.24) is 4.98 Å². The van der Waals surface area contributed by atoms with Gasteiger partial charge < -0.3 is 11.1 Å². The maximum atomic E-state index is 13.7. The number of aromatic nitrogens is 1. The fraction of sp³-hybridized carbons (Fsp3) is 0.200. The predicted octanol–water partition coefficient (Wildman–Crippen LogP) is 5.33. The molecule has 4 nitrogen and oxygen atoms in total. The predicted molar refractivity (Wildman–Crippen MR) is 107 cm³/mol. The van der Waals surface area contributed by atoms with Crippen molar-refractivity contribution in [2.75, 3.05) is 11.1 Å². The summed E-state index contributed by atoms with van der Waals surface area (Å²) in [6, 6.07) is 3.57. The van der Waals surface area contributed by atoms with Gasteiger partial charge in [-0.3, -0.25) is 4.79 Å². The summed E-state index contributed by atoms with van der Waals surface area (Å²) in [5.74, 6) is -1.37. The minimum atomic E-state index is -0.729. The number of carbonyl (C=O) groups is 1. The van der Waals surface area contributed by atoms with Gasteiger partial charge in [-0.05, 0) is 18.6 Å². The molecule has 142 valence electrons. The van der Waals surface area contributed by atoms with Crippen LogP contribution < -0.4 is 11.1 Å². The molecule has 1 aliphatic rings. The molecule has 3 N–H and O–H groups in total. The van der Waals surface area contributed by atoms with Crippen LogP contribution in [-0.2, 0) is 11.2 Å². The average molecular weight is 389 g/mol. The van der Waals surface area contributed by atoms with Gasteiger partial charge in [-0.1, -0.05) is 61.6 Å². The van der Waals surface area contributed by atoms with Crippen molar-refractivity contribution in [3.63, 3.8) is 0 Å². The van der Waals surface area contributed by atoms with Gasteiger partial charge in [-0.25, -0.2) is 13.8 Å². The van der Waals surface area contributed by atoms with Crippen LogP contribution in [0.4, 0.5) is 25.4 Å². The van der Waals surface area contributed by atoms with Crippen LogP contribution in [0, 0.1) is 11.6 Å². The number of hydrogen-bond acceptors (Lipinski definition) is 5. The largest absolute Gasteiger partial charge is 0.383 e. The lowest BCUT2D eigenvalue weighted by Gasteiger charge is -2.04. The molecule has 0 spiro atoms. The number of Topliss-reactive ketones (excluding diaryl/α,β-unsaturated/α-hetero) is 1. The highest BCUT2D eigenvalue weighted by atomic mass is 32.1. The van der Waals surface area contributed by atoms with Gasteiger partial charge in [-0.15, -0.1) is 0 Å². The molecule has 0 amide bonds. The number of thiazole rings is 1. The second-order valence-corrected chi connectivity index (χ2v) is 6.42. The Kier molecular flexibility index (Phi) is 7.43. The van der Waals surface area contributed by atoms with Crippen molar-refractivity contribution >= 4 is 33.8 Å². The third-order valence-electron chi connectivity index (χ3n) is 3.56. The van der Waals surface area contributed by atoms with E-state index in [0.717, 1.165) is 23.5 Å². The van der Waals surface area contributed by atoms with Gasteiger partial charge in [0, 0.05) is 12.0 Å². The van der Waals surface area contributed by atoms with Crippen LogP contribution in [0.5, 0.6) is 0 Å². The minimum Gasteiger partial charge on any atom is -0.383 e. The summed E-state index contributed by atoms with van der Waals surface area (Å²) < 4.78 is 27.4. The van der Waals surface area contributed by atoms with Crippen molar-refractivity contribution in [1.29, 1.82) is 0 Å². The van der Waals surface area contributed by atoms with E-state index in [2.05, 4.69) is 10.3 Å². The minimum absolute atomic E-state index is 0.0843. The molecule has 0 bridgehead atoms. The van der Waals surface area contributed by atoms with E-state index in [-0.39, 0.29) is 28.8 Å². The number of nitrogens with two attached hydrogens (primary N) is 1. The lowest BCUT2D eigenvalue weighted by molar-refractivity contribution is -0.114. The number of benzene rings is 1. The van der Waals surface area contributed by atoms with Crippen molar-refractivity contribution in [2.45, 2.75) is 26.7 Å². The van der Waals surface area contributed by atoms with Crippen molar-refractivity contribution in [3.05, 3.63) is 70.7 Å².